The van der Waals surface area contributed by atoms with Gasteiger partial charge in [-0.25, -0.2) is 8.42 Å². The molecule has 154 valence electrons. The number of terminal acetylenes is 1. The van der Waals surface area contributed by atoms with Crippen LogP contribution in [-0.4, -0.2) is 42.3 Å². The predicted molar refractivity (Wildman–Crippen MR) is 113 cm³/mol. The Morgan fingerprint density at radius 1 is 1.21 bits per heavy atom. The molecule has 0 spiro atoms. The number of carbonyl (C=O) groups excluding carboxylic acids is 2. The minimum absolute atomic E-state index is 0.0214. The Labute approximate surface area is 173 Å². The fourth-order valence-corrected chi connectivity index (χ4v) is 5.52. The maximum atomic E-state index is 12.3. The highest BCUT2D eigenvalue weighted by atomic mass is 32.2. The van der Waals surface area contributed by atoms with Crippen molar-refractivity contribution in [2.45, 2.75) is 44.7 Å². The first kappa shape index (κ1) is 21.3. The maximum Gasteiger partial charge on any atom is 0.263 e. The Kier molecular flexibility index (Phi) is 6.87. The van der Waals surface area contributed by atoms with Crippen molar-refractivity contribution in [2.24, 2.45) is 4.99 Å². The fourth-order valence-electron chi connectivity index (χ4n) is 3.44. The summed E-state index contributed by atoms with van der Waals surface area (Å²) in [6, 6.07) is 7.47. The average Bonchev–Trinajstić information content (AvgIpc) is 2.99. The number of rotatable bonds is 6. The fraction of sp³-hybridized carbons (Fsp3) is 0.450. The number of thiazole rings is 1. The highest BCUT2D eigenvalue weighted by molar-refractivity contribution is 7.92. The number of hydrogen-bond donors (Lipinski definition) is 1. The zero-order valence-corrected chi connectivity index (χ0v) is 17.6. The van der Waals surface area contributed by atoms with E-state index in [-0.39, 0.29) is 12.6 Å². The molecule has 0 atom stereocenters. The zero-order chi connectivity index (χ0) is 20.9. The molecule has 1 heterocycles. The number of fused-ring (bicyclic) bond motifs is 1. The van der Waals surface area contributed by atoms with E-state index in [0.29, 0.717) is 4.80 Å². The Balaban J connectivity index is 1.70. The number of carbonyl (C=O) groups is 2. The van der Waals surface area contributed by atoms with Crippen molar-refractivity contribution in [2.75, 3.05) is 11.5 Å². The van der Waals surface area contributed by atoms with Gasteiger partial charge in [0.05, 0.1) is 16.8 Å². The lowest BCUT2D eigenvalue weighted by atomic mass is 9.95. The quantitative estimate of drug-likeness (QED) is 0.700. The summed E-state index contributed by atoms with van der Waals surface area (Å²) in [5.41, 5.74) is 0.830. The van der Waals surface area contributed by atoms with Gasteiger partial charge in [0.2, 0.25) is 5.91 Å². The summed E-state index contributed by atoms with van der Waals surface area (Å²) in [4.78, 5) is 28.7. The zero-order valence-electron chi connectivity index (χ0n) is 16.0. The van der Waals surface area contributed by atoms with Gasteiger partial charge in [-0.05, 0) is 25.0 Å². The van der Waals surface area contributed by atoms with Crippen LogP contribution >= 0.6 is 11.3 Å². The Bertz CT molecular complexity index is 1120. The molecule has 0 bridgehead atoms. The van der Waals surface area contributed by atoms with Gasteiger partial charge < -0.3 is 9.88 Å². The second-order valence-electron chi connectivity index (χ2n) is 7.08. The van der Waals surface area contributed by atoms with Crippen LogP contribution in [0.2, 0.25) is 0 Å². The molecule has 3 rings (SSSR count). The van der Waals surface area contributed by atoms with Crippen LogP contribution in [0.25, 0.3) is 10.2 Å². The van der Waals surface area contributed by atoms with Crippen molar-refractivity contribution >= 4 is 43.2 Å². The molecule has 1 aromatic heterocycles. The first-order valence-corrected chi connectivity index (χ1v) is 12.1. The summed E-state index contributed by atoms with van der Waals surface area (Å²) in [5, 5.41) is 2.76. The van der Waals surface area contributed by atoms with E-state index in [2.05, 4.69) is 16.2 Å². The lowest BCUT2D eigenvalue weighted by molar-refractivity contribution is -0.119. The third-order valence-corrected chi connectivity index (χ3v) is 7.17. The van der Waals surface area contributed by atoms with Crippen LogP contribution in [0, 0.1) is 12.3 Å². The SMILES string of the molecule is C#CCn1c(=NC(=O)CS(=O)(=O)CC(=O)NC2CCCCC2)sc2ccccc21. The van der Waals surface area contributed by atoms with Crippen LogP contribution in [0.1, 0.15) is 32.1 Å². The van der Waals surface area contributed by atoms with Crippen LogP contribution in [0.3, 0.4) is 0 Å². The first-order valence-electron chi connectivity index (χ1n) is 9.47. The molecule has 1 fully saturated rings. The van der Waals surface area contributed by atoms with Crippen LogP contribution in [-0.2, 0) is 26.0 Å². The maximum absolute atomic E-state index is 12.3. The monoisotopic (exact) mass is 433 g/mol. The van der Waals surface area contributed by atoms with E-state index in [0.717, 1.165) is 42.3 Å². The second-order valence-corrected chi connectivity index (χ2v) is 10.2. The summed E-state index contributed by atoms with van der Waals surface area (Å²) in [6.07, 6.45) is 10.3. The van der Waals surface area contributed by atoms with Crippen molar-refractivity contribution in [3.05, 3.63) is 29.1 Å². The van der Waals surface area contributed by atoms with E-state index in [1.54, 1.807) is 4.57 Å². The molecule has 2 aromatic rings. The molecular formula is C20H23N3O4S2. The number of hydrogen-bond acceptors (Lipinski definition) is 5. The first-order chi connectivity index (χ1) is 13.9. The highest BCUT2D eigenvalue weighted by Crippen LogP contribution is 2.18. The Hall–Kier alpha value is -2.44. The Morgan fingerprint density at radius 2 is 1.93 bits per heavy atom. The highest BCUT2D eigenvalue weighted by Gasteiger charge is 2.23. The van der Waals surface area contributed by atoms with E-state index >= 15 is 0 Å². The number of aromatic nitrogens is 1. The van der Waals surface area contributed by atoms with Gasteiger partial charge >= 0.3 is 0 Å². The largest absolute Gasteiger partial charge is 0.352 e. The normalized spacial score (nSPS) is 15.9. The molecule has 1 saturated carbocycles. The summed E-state index contributed by atoms with van der Waals surface area (Å²) >= 11 is 1.26. The van der Waals surface area contributed by atoms with Gasteiger partial charge in [-0.3, -0.25) is 9.59 Å². The van der Waals surface area contributed by atoms with Gasteiger partial charge in [-0.1, -0.05) is 48.7 Å². The van der Waals surface area contributed by atoms with Crippen molar-refractivity contribution < 1.29 is 18.0 Å². The molecule has 0 aliphatic heterocycles. The van der Waals surface area contributed by atoms with Crippen molar-refractivity contribution in [1.29, 1.82) is 0 Å². The van der Waals surface area contributed by atoms with Crippen LogP contribution in [0.4, 0.5) is 0 Å². The molecule has 29 heavy (non-hydrogen) atoms. The van der Waals surface area contributed by atoms with Crippen LogP contribution < -0.4 is 10.1 Å². The molecule has 1 aromatic carbocycles. The minimum atomic E-state index is -3.91. The molecule has 7 nitrogen and oxygen atoms in total. The second kappa shape index (κ2) is 9.37. The molecule has 0 unspecified atom stereocenters. The molecule has 0 radical (unpaired) electrons. The molecule has 2 amide bonds. The summed E-state index contributed by atoms with van der Waals surface area (Å²) < 4.78 is 27.2. The van der Waals surface area contributed by atoms with E-state index in [1.165, 1.54) is 11.3 Å². The predicted octanol–water partition coefficient (Wildman–Crippen LogP) is 1.63. The number of benzene rings is 1. The third-order valence-electron chi connectivity index (χ3n) is 4.72. The number of nitrogens with zero attached hydrogens (tertiary/aromatic N) is 2. The van der Waals surface area contributed by atoms with E-state index in [9.17, 15) is 18.0 Å². The van der Waals surface area contributed by atoms with Gasteiger partial charge in [0, 0.05) is 6.04 Å². The minimum Gasteiger partial charge on any atom is -0.352 e. The van der Waals surface area contributed by atoms with Gasteiger partial charge in [0.15, 0.2) is 14.6 Å². The molecule has 0 saturated heterocycles. The van der Waals surface area contributed by atoms with Gasteiger partial charge in [-0.2, -0.15) is 4.99 Å². The Morgan fingerprint density at radius 3 is 2.66 bits per heavy atom. The van der Waals surface area contributed by atoms with Gasteiger partial charge in [0.1, 0.15) is 11.5 Å². The molecule has 1 aliphatic rings. The number of para-hydroxylation sites is 1. The summed E-state index contributed by atoms with van der Waals surface area (Å²) in [7, 11) is -3.91. The van der Waals surface area contributed by atoms with Crippen LogP contribution in [0.5, 0.6) is 0 Å². The lowest BCUT2D eigenvalue weighted by Gasteiger charge is -2.22. The molecule has 1 aliphatic carbocycles. The molecule has 1 N–H and O–H groups in total. The molecule has 9 heteroatoms. The average molecular weight is 434 g/mol. The van der Waals surface area contributed by atoms with Gasteiger partial charge in [0.25, 0.3) is 5.91 Å². The summed E-state index contributed by atoms with van der Waals surface area (Å²) in [6.45, 7) is 0.215. The number of nitrogens with one attached hydrogen (secondary N) is 1. The number of sulfone groups is 1. The smallest absolute Gasteiger partial charge is 0.263 e. The number of amides is 2. The van der Waals surface area contributed by atoms with Crippen molar-refractivity contribution in [1.82, 2.24) is 9.88 Å². The van der Waals surface area contributed by atoms with E-state index < -0.39 is 33.2 Å². The lowest BCUT2D eigenvalue weighted by Crippen LogP contribution is -2.40. The topological polar surface area (TPSA) is 97.6 Å². The third kappa shape index (κ3) is 5.78. The van der Waals surface area contributed by atoms with Gasteiger partial charge in [-0.15, -0.1) is 6.42 Å². The van der Waals surface area contributed by atoms with E-state index in [1.807, 2.05) is 24.3 Å². The van der Waals surface area contributed by atoms with Crippen molar-refractivity contribution in [3.8, 4) is 12.3 Å². The molecular weight excluding hydrogens is 410 g/mol. The van der Waals surface area contributed by atoms with E-state index in [4.69, 9.17) is 6.42 Å². The van der Waals surface area contributed by atoms with Crippen LogP contribution in [0.15, 0.2) is 29.3 Å². The van der Waals surface area contributed by atoms with Crippen molar-refractivity contribution in [3.63, 3.8) is 0 Å². The standard InChI is InChI=1S/C20H23N3O4S2/c1-2-12-23-16-10-6-7-11-17(16)28-20(23)22-19(25)14-29(26,27)13-18(24)21-15-8-4-3-5-9-15/h1,6-7,10-11,15H,3-5,8-9,12-14H2,(H,21,24). The summed E-state index contributed by atoms with van der Waals surface area (Å²) in [5.74, 6) is -0.374.